The first-order valence-corrected chi connectivity index (χ1v) is 16.2. The lowest BCUT2D eigenvalue weighted by molar-refractivity contribution is -0.0458. The van der Waals surface area contributed by atoms with Crippen LogP contribution in [0.25, 0.3) is 11.1 Å². The second-order valence-corrected chi connectivity index (χ2v) is 12.2. The van der Waals surface area contributed by atoms with Crippen molar-refractivity contribution in [3.8, 4) is 28.8 Å². The molecule has 0 unspecified atom stereocenters. The van der Waals surface area contributed by atoms with Gasteiger partial charge >= 0.3 is 0 Å². The van der Waals surface area contributed by atoms with Crippen molar-refractivity contribution in [1.29, 1.82) is 10.8 Å². The van der Waals surface area contributed by atoms with E-state index in [0.717, 1.165) is 50.0 Å². The quantitative estimate of drug-likeness (QED) is 0.0859. The van der Waals surface area contributed by atoms with Gasteiger partial charge in [0.15, 0.2) is 0 Å². The summed E-state index contributed by atoms with van der Waals surface area (Å²) in [7, 11) is 0. The number of nitrogens with zero attached hydrogens (tertiary/aromatic N) is 8. The Labute approximate surface area is 273 Å². The molecule has 15 nitrogen and oxygen atoms in total. The summed E-state index contributed by atoms with van der Waals surface area (Å²) in [6.45, 7) is 4.01. The van der Waals surface area contributed by atoms with E-state index in [1.54, 1.807) is 24.5 Å². The van der Waals surface area contributed by atoms with Gasteiger partial charge in [-0.2, -0.15) is 10.8 Å². The standard InChI is InChI=1S/C32H41N11O4/c1-21(14-35-20-38-41-34)47-30-12-22(2-3-23(30)13-33)24-15-36-32(37-16-24)39-29-17-42(40-31(29)46-11-10-44)25-4-6-26(7-5-25)43-27-8-9-28(43)19-45-18-27/h2-3,12,15-17,20-21,25-28,44H,4-11,14,18-19H2,1H3,(H2,34,35,38)(H,36,37,39)/t21-,25-,26-,27-,28+/m0/s1. The van der Waals surface area contributed by atoms with Gasteiger partial charge in [0, 0.05) is 36.1 Å². The highest BCUT2D eigenvalue weighted by Crippen LogP contribution is 2.39. The largest absolute Gasteiger partial charge is 0.487 e. The topological polar surface area (TPSA) is 191 Å². The lowest BCUT2D eigenvalue weighted by Crippen LogP contribution is -2.52. The zero-order valence-corrected chi connectivity index (χ0v) is 26.5. The molecule has 4 heterocycles. The van der Waals surface area contributed by atoms with E-state index >= 15 is 0 Å². The number of nitriles is 1. The predicted octanol–water partition coefficient (Wildman–Crippen LogP) is 4.00. The summed E-state index contributed by atoms with van der Waals surface area (Å²) >= 11 is 0. The van der Waals surface area contributed by atoms with Crippen LogP contribution in [-0.4, -0.2) is 93.3 Å². The summed E-state index contributed by atoms with van der Waals surface area (Å²) in [6.07, 6.45) is 13.2. The number of fused-ring (bicyclic) bond motifs is 2. The number of anilines is 2. The van der Waals surface area contributed by atoms with Crippen molar-refractivity contribution in [3.63, 3.8) is 0 Å². The summed E-state index contributed by atoms with van der Waals surface area (Å²) in [6, 6.07) is 9.49. The molecule has 2 saturated heterocycles. The molecule has 0 spiro atoms. The Morgan fingerprint density at radius 1 is 1.11 bits per heavy atom. The molecule has 4 N–H and O–H groups in total. The molecule has 1 aromatic carbocycles. The van der Waals surface area contributed by atoms with Crippen molar-refractivity contribution < 1.29 is 19.3 Å². The second-order valence-electron chi connectivity index (χ2n) is 12.2. The number of hydrogen-bond acceptors (Lipinski definition) is 12. The molecule has 6 rings (SSSR count). The maximum atomic E-state index is 9.59. The second kappa shape index (κ2) is 15.3. The molecule has 3 aromatic rings. The number of rotatable bonds is 14. The van der Waals surface area contributed by atoms with E-state index in [1.165, 1.54) is 19.2 Å². The molecule has 2 aliphatic heterocycles. The first kappa shape index (κ1) is 32.3. The number of aliphatic hydroxyl groups excluding tert-OH is 1. The van der Waals surface area contributed by atoms with Crippen molar-refractivity contribution in [2.24, 2.45) is 10.3 Å². The minimum absolute atomic E-state index is 0.119. The Morgan fingerprint density at radius 2 is 1.83 bits per heavy atom. The highest BCUT2D eigenvalue weighted by Gasteiger charge is 2.42. The molecule has 2 bridgehead atoms. The molecular formula is C32H41N11O4. The smallest absolute Gasteiger partial charge is 0.257 e. The van der Waals surface area contributed by atoms with Crippen molar-refractivity contribution >= 4 is 18.0 Å². The summed E-state index contributed by atoms with van der Waals surface area (Å²) in [5.74, 6) is 1.21. The summed E-state index contributed by atoms with van der Waals surface area (Å²) in [4.78, 5) is 11.8. The SMILES string of the molecule is C[C@@H](CN/C=N\N=N)Oc1cc(-c2cnc(Nc3cn([C@H]4CC[C@H](N5[C@@H]6CC[C@H]5COC6)CC4)nc3OCCO)nc2)ccc1C#N. The summed E-state index contributed by atoms with van der Waals surface area (Å²) < 4.78 is 19.6. The number of ether oxygens (including phenoxy) is 3. The summed E-state index contributed by atoms with van der Waals surface area (Å²) in [5, 5.41) is 36.2. The van der Waals surface area contributed by atoms with Crippen LogP contribution in [0.5, 0.6) is 11.6 Å². The molecule has 3 fully saturated rings. The van der Waals surface area contributed by atoms with E-state index in [1.807, 2.05) is 23.9 Å². The fourth-order valence-corrected chi connectivity index (χ4v) is 6.87. The lowest BCUT2D eigenvalue weighted by atomic mass is 9.89. The van der Waals surface area contributed by atoms with E-state index in [0.29, 0.717) is 53.5 Å². The zero-order chi connectivity index (χ0) is 32.6. The average Bonchev–Trinajstić information content (AvgIpc) is 3.61. The van der Waals surface area contributed by atoms with Crippen molar-refractivity contribution in [2.45, 2.75) is 75.7 Å². The molecule has 47 heavy (non-hydrogen) atoms. The van der Waals surface area contributed by atoms with Gasteiger partial charge in [-0.3, -0.25) is 9.58 Å². The third kappa shape index (κ3) is 7.67. The Bertz CT molecular complexity index is 1550. The number of nitrogens with one attached hydrogen (secondary N) is 3. The molecule has 0 radical (unpaired) electrons. The molecular weight excluding hydrogens is 602 g/mol. The van der Waals surface area contributed by atoms with Gasteiger partial charge in [0.1, 0.15) is 36.6 Å². The fraction of sp³-hybridized carbons (Fsp3) is 0.531. The molecule has 1 aliphatic carbocycles. The highest BCUT2D eigenvalue weighted by atomic mass is 16.5. The molecule has 248 valence electrons. The molecule has 2 aromatic heterocycles. The average molecular weight is 644 g/mol. The maximum Gasteiger partial charge on any atom is 0.257 e. The van der Waals surface area contributed by atoms with Crippen LogP contribution < -0.4 is 20.1 Å². The Balaban J connectivity index is 1.11. The molecule has 3 aliphatic rings. The number of aliphatic hydroxyl groups is 1. The van der Waals surface area contributed by atoms with Gasteiger partial charge in [0.05, 0.1) is 44.2 Å². The molecule has 15 heteroatoms. The van der Waals surface area contributed by atoms with Gasteiger partial charge in [0.25, 0.3) is 5.88 Å². The number of benzene rings is 1. The summed E-state index contributed by atoms with van der Waals surface area (Å²) in [5.41, 5.74) is 9.28. The number of hydrogen-bond donors (Lipinski definition) is 4. The van der Waals surface area contributed by atoms with Gasteiger partial charge in [-0.1, -0.05) is 11.3 Å². The van der Waals surface area contributed by atoms with Gasteiger partial charge in [-0.25, -0.2) is 9.97 Å². The number of aromatic nitrogens is 4. The Morgan fingerprint density at radius 3 is 2.53 bits per heavy atom. The normalized spacial score (nSPS) is 23.3. The van der Waals surface area contributed by atoms with Crippen molar-refractivity contribution in [2.75, 3.05) is 38.3 Å². The van der Waals surface area contributed by atoms with Crippen LogP contribution in [0.2, 0.25) is 0 Å². The van der Waals surface area contributed by atoms with E-state index < -0.39 is 0 Å². The Hall–Kier alpha value is -4.65. The number of morpholine rings is 1. The minimum atomic E-state index is -0.282. The van der Waals surface area contributed by atoms with Crippen LogP contribution in [0.3, 0.4) is 0 Å². The van der Waals surface area contributed by atoms with Crippen LogP contribution in [0.1, 0.15) is 57.1 Å². The minimum Gasteiger partial charge on any atom is -0.487 e. The van der Waals surface area contributed by atoms with Gasteiger partial charge in [-0.05, 0) is 63.1 Å². The van der Waals surface area contributed by atoms with Gasteiger partial charge < -0.3 is 30.0 Å². The Kier molecular flexibility index (Phi) is 10.5. The first-order chi connectivity index (χ1) is 23.1. The highest BCUT2D eigenvalue weighted by molar-refractivity contribution is 5.67. The van der Waals surface area contributed by atoms with Crippen LogP contribution in [0.15, 0.2) is 47.1 Å². The molecule has 1 saturated carbocycles. The zero-order valence-electron chi connectivity index (χ0n) is 26.5. The van der Waals surface area contributed by atoms with Crippen molar-refractivity contribution in [3.05, 3.63) is 42.4 Å². The van der Waals surface area contributed by atoms with Crippen LogP contribution in [0, 0.1) is 16.9 Å². The third-order valence-electron chi connectivity index (χ3n) is 9.06. The molecule has 0 amide bonds. The van der Waals surface area contributed by atoms with Gasteiger partial charge in [-0.15, -0.1) is 10.2 Å². The fourth-order valence-electron chi connectivity index (χ4n) is 6.87. The predicted molar refractivity (Wildman–Crippen MR) is 173 cm³/mol. The van der Waals surface area contributed by atoms with Gasteiger partial charge in [0.2, 0.25) is 5.95 Å². The van der Waals surface area contributed by atoms with Crippen LogP contribution in [-0.2, 0) is 4.74 Å². The monoisotopic (exact) mass is 643 g/mol. The van der Waals surface area contributed by atoms with Crippen LogP contribution >= 0.6 is 0 Å². The molecule has 3 atom stereocenters. The van der Waals surface area contributed by atoms with Crippen LogP contribution in [0.4, 0.5) is 11.6 Å². The van der Waals surface area contributed by atoms with E-state index in [2.05, 4.69) is 41.9 Å². The van der Waals surface area contributed by atoms with Crippen molar-refractivity contribution in [1.82, 2.24) is 30.0 Å². The third-order valence-corrected chi connectivity index (χ3v) is 9.06. The van der Waals surface area contributed by atoms with E-state index in [-0.39, 0.29) is 25.4 Å². The first-order valence-electron chi connectivity index (χ1n) is 16.2. The maximum absolute atomic E-state index is 9.59. The van der Waals surface area contributed by atoms with E-state index in [4.69, 9.17) is 24.8 Å². The lowest BCUT2D eigenvalue weighted by Gasteiger charge is -2.43. The van der Waals surface area contributed by atoms with E-state index in [9.17, 15) is 10.4 Å².